The largest absolute Gasteiger partial charge is 0.212 e. The van der Waals surface area contributed by atoms with Crippen molar-refractivity contribution in [2.45, 2.75) is 67.3 Å². The van der Waals surface area contributed by atoms with Gasteiger partial charge in [0.1, 0.15) is 0 Å². The molecule has 1 N–H and O–H groups in total. The van der Waals surface area contributed by atoms with Crippen LogP contribution in [-0.2, 0) is 10.0 Å². The Labute approximate surface area is 107 Å². The summed E-state index contributed by atoms with van der Waals surface area (Å²) in [6.45, 7) is 14.4. The molecule has 0 saturated heterocycles. The molecule has 1 atom stereocenters. The number of rotatable bonds is 5. The third-order valence-electron chi connectivity index (χ3n) is 3.00. The molecule has 17 heavy (non-hydrogen) atoms. The van der Waals surface area contributed by atoms with E-state index < -0.39 is 10.0 Å². The van der Waals surface area contributed by atoms with Crippen LogP contribution in [0.25, 0.3) is 0 Å². The van der Waals surface area contributed by atoms with Crippen molar-refractivity contribution >= 4 is 10.0 Å². The highest BCUT2D eigenvalue weighted by Crippen LogP contribution is 2.22. The Balaban J connectivity index is 4.23. The fraction of sp³-hybridized carbons (Fsp3) is 1.00. The molecule has 0 aliphatic heterocycles. The third-order valence-corrected chi connectivity index (χ3v) is 4.53. The Hall–Kier alpha value is -0.0900. The van der Waals surface area contributed by atoms with Crippen LogP contribution in [0.3, 0.4) is 0 Å². The average molecular weight is 263 g/mol. The molecule has 0 aromatic carbocycles. The SMILES string of the molecule is C[C@H](NS(=O)(=O)CCCC(C)(C)C)C(C)(C)C. The van der Waals surface area contributed by atoms with Gasteiger partial charge in [0.25, 0.3) is 0 Å². The first-order chi connectivity index (χ1) is 7.33. The third kappa shape index (κ3) is 8.61. The van der Waals surface area contributed by atoms with Crippen molar-refractivity contribution in [2.24, 2.45) is 10.8 Å². The molecule has 0 aromatic rings. The topological polar surface area (TPSA) is 46.2 Å². The molecule has 0 radical (unpaired) electrons. The molecule has 0 unspecified atom stereocenters. The van der Waals surface area contributed by atoms with Gasteiger partial charge in [0.2, 0.25) is 10.0 Å². The van der Waals surface area contributed by atoms with E-state index >= 15 is 0 Å². The first-order valence-corrected chi connectivity index (χ1v) is 7.99. The van der Waals surface area contributed by atoms with E-state index in [1.165, 1.54) is 0 Å². The van der Waals surface area contributed by atoms with Crippen molar-refractivity contribution in [3.05, 3.63) is 0 Å². The summed E-state index contributed by atoms with van der Waals surface area (Å²) in [6.07, 6.45) is 1.65. The Morgan fingerprint density at radius 1 is 1.06 bits per heavy atom. The lowest BCUT2D eigenvalue weighted by Crippen LogP contribution is -2.42. The second-order valence-electron chi connectivity index (χ2n) is 7.19. The predicted octanol–water partition coefficient (Wildman–Crippen LogP) is 3.17. The zero-order valence-electron chi connectivity index (χ0n) is 12.4. The van der Waals surface area contributed by atoms with Crippen LogP contribution in [0.4, 0.5) is 0 Å². The maximum absolute atomic E-state index is 11.9. The van der Waals surface area contributed by atoms with Crippen molar-refractivity contribution < 1.29 is 8.42 Å². The minimum absolute atomic E-state index is 0.0397. The van der Waals surface area contributed by atoms with Crippen LogP contribution < -0.4 is 4.72 Å². The fourth-order valence-electron chi connectivity index (χ4n) is 1.30. The van der Waals surface area contributed by atoms with E-state index in [-0.39, 0.29) is 22.6 Å². The lowest BCUT2D eigenvalue weighted by Gasteiger charge is -2.28. The van der Waals surface area contributed by atoms with Gasteiger partial charge in [-0.2, -0.15) is 0 Å². The fourth-order valence-corrected chi connectivity index (χ4v) is 2.83. The van der Waals surface area contributed by atoms with Crippen molar-refractivity contribution in [3.8, 4) is 0 Å². The lowest BCUT2D eigenvalue weighted by atomic mass is 9.89. The molecule has 104 valence electrons. The maximum Gasteiger partial charge on any atom is 0.211 e. The second-order valence-corrected chi connectivity index (χ2v) is 9.06. The minimum Gasteiger partial charge on any atom is -0.212 e. The summed E-state index contributed by atoms with van der Waals surface area (Å²) in [6, 6.07) is -0.0397. The highest BCUT2D eigenvalue weighted by atomic mass is 32.2. The number of hydrogen-bond acceptors (Lipinski definition) is 2. The van der Waals surface area contributed by atoms with Crippen molar-refractivity contribution in [1.82, 2.24) is 4.72 Å². The van der Waals surface area contributed by atoms with E-state index in [0.29, 0.717) is 0 Å². The zero-order valence-corrected chi connectivity index (χ0v) is 13.2. The molecule has 4 heteroatoms. The van der Waals surface area contributed by atoms with E-state index in [1.807, 2.05) is 27.7 Å². The molecule has 0 spiro atoms. The zero-order chi connectivity index (χ0) is 13.9. The van der Waals surface area contributed by atoms with Crippen LogP contribution >= 0.6 is 0 Å². The van der Waals surface area contributed by atoms with Gasteiger partial charge in [-0.15, -0.1) is 0 Å². The molecular formula is C13H29NO2S. The first kappa shape index (κ1) is 16.9. The summed E-state index contributed by atoms with van der Waals surface area (Å²) in [5.41, 5.74) is 0.155. The monoisotopic (exact) mass is 263 g/mol. The van der Waals surface area contributed by atoms with Crippen LogP contribution in [0.15, 0.2) is 0 Å². The quantitative estimate of drug-likeness (QED) is 0.828. The average Bonchev–Trinajstić information content (AvgIpc) is 1.97. The highest BCUT2D eigenvalue weighted by molar-refractivity contribution is 7.89. The highest BCUT2D eigenvalue weighted by Gasteiger charge is 2.24. The molecule has 0 fully saturated rings. The van der Waals surface area contributed by atoms with Crippen LogP contribution in [0, 0.1) is 10.8 Å². The number of hydrogen-bond donors (Lipinski definition) is 1. The van der Waals surface area contributed by atoms with Gasteiger partial charge in [0, 0.05) is 6.04 Å². The molecule has 3 nitrogen and oxygen atoms in total. The van der Waals surface area contributed by atoms with E-state index in [9.17, 15) is 8.42 Å². The van der Waals surface area contributed by atoms with Gasteiger partial charge < -0.3 is 0 Å². The minimum atomic E-state index is -3.14. The van der Waals surface area contributed by atoms with Crippen molar-refractivity contribution in [2.75, 3.05) is 5.75 Å². The predicted molar refractivity (Wildman–Crippen MR) is 74.5 cm³/mol. The molecule has 0 amide bonds. The Kier molecular flexibility index (Phi) is 5.67. The summed E-state index contributed by atoms with van der Waals surface area (Å²) < 4.78 is 26.5. The molecule has 0 bridgehead atoms. The second kappa shape index (κ2) is 5.70. The maximum atomic E-state index is 11.9. The summed E-state index contributed by atoms with van der Waals surface area (Å²) in [7, 11) is -3.14. The summed E-state index contributed by atoms with van der Waals surface area (Å²) in [4.78, 5) is 0. The molecule has 0 saturated carbocycles. The van der Waals surface area contributed by atoms with Crippen molar-refractivity contribution in [1.29, 1.82) is 0 Å². The number of nitrogens with one attached hydrogen (secondary N) is 1. The standard InChI is InChI=1S/C13H29NO2S/c1-11(13(5,6)7)14-17(15,16)10-8-9-12(2,3)4/h11,14H,8-10H2,1-7H3/t11-/m0/s1. The Morgan fingerprint density at radius 3 is 1.88 bits per heavy atom. The van der Waals surface area contributed by atoms with E-state index in [2.05, 4.69) is 25.5 Å². The normalized spacial score (nSPS) is 15.9. The first-order valence-electron chi connectivity index (χ1n) is 6.33. The van der Waals surface area contributed by atoms with Gasteiger partial charge >= 0.3 is 0 Å². The van der Waals surface area contributed by atoms with Gasteiger partial charge in [0.05, 0.1) is 5.75 Å². The Bertz CT molecular complexity index is 320. The van der Waals surface area contributed by atoms with Gasteiger partial charge in [0.15, 0.2) is 0 Å². The molecule has 0 rings (SSSR count). The van der Waals surface area contributed by atoms with Crippen LogP contribution in [0.2, 0.25) is 0 Å². The summed E-state index contributed by atoms with van der Waals surface area (Å²) in [5.74, 6) is 0.227. The van der Waals surface area contributed by atoms with Crippen LogP contribution in [0.1, 0.15) is 61.3 Å². The van der Waals surface area contributed by atoms with Gasteiger partial charge in [-0.25, -0.2) is 13.1 Å². The molecule has 0 heterocycles. The Morgan fingerprint density at radius 2 is 1.53 bits per heavy atom. The van der Waals surface area contributed by atoms with Gasteiger partial charge in [-0.3, -0.25) is 0 Å². The lowest BCUT2D eigenvalue weighted by molar-refractivity contribution is 0.317. The van der Waals surface area contributed by atoms with Crippen LogP contribution in [0.5, 0.6) is 0 Å². The van der Waals surface area contributed by atoms with E-state index in [1.54, 1.807) is 0 Å². The summed E-state index contributed by atoms with van der Waals surface area (Å²) >= 11 is 0. The smallest absolute Gasteiger partial charge is 0.211 e. The van der Waals surface area contributed by atoms with Gasteiger partial charge in [-0.05, 0) is 30.6 Å². The molecule has 0 aromatic heterocycles. The number of sulfonamides is 1. The molecule has 0 aliphatic carbocycles. The van der Waals surface area contributed by atoms with Crippen LogP contribution in [-0.4, -0.2) is 20.2 Å². The van der Waals surface area contributed by atoms with E-state index in [4.69, 9.17) is 0 Å². The summed E-state index contributed by atoms with van der Waals surface area (Å²) in [5, 5.41) is 0. The van der Waals surface area contributed by atoms with Gasteiger partial charge in [-0.1, -0.05) is 41.5 Å². The molecule has 0 aliphatic rings. The molecular weight excluding hydrogens is 234 g/mol. The van der Waals surface area contributed by atoms with Crippen molar-refractivity contribution in [3.63, 3.8) is 0 Å². The van der Waals surface area contributed by atoms with E-state index in [0.717, 1.165) is 12.8 Å².